The quantitative estimate of drug-likeness (QED) is 0.156. The van der Waals surface area contributed by atoms with E-state index in [1.807, 2.05) is 48.5 Å². The number of nitrogens with zero attached hydrogens (tertiary/aromatic N) is 3. The smallest absolute Gasteiger partial charge is 0.235 e. The number of hydrogen-bond acceptors (Lipinski definition) is 8. The molecule has 10 heteroatoms. The second kappa shape index (κ2) is 12.7. The Morgan fingerprint density at radius 3 is 1.28 bits per heavy atom. The van der Waals surface area contributed by atoms with E-state index in [9.17, 15) is 9.90 Å². The van der Waals surface area contributed by atoms with Crippen LogP contribution >= 0.6 is 45.3 Å². The van der Waals surface area contributed by atoms with Crippen molar-refractivity contribution < 1.29 is 5.11 Å². The molecule has 0 aliphatic carbocycles. The third kappa shape index (κ3) is 5.39. The van der Waals surface area contributed by atoms with Crippen LogP contribution in [0.4, 0.5) is 17.1 Å². The van der Waals surface area contributed by atoms with Gasteiger partial charge in [-0.05, 0) is 119 Å². The summed E-state index contributed by atoms with van der Waals surface area (Å²) in [5.41, 5.74) is 7.54. The summed E-state index contributed by atoms with van der Waals surface area (Å²) < 4.78 is 4.50. The lowest BCUT2D eigenvalue weighted by atomic mass is 10.2. The van der Waals surface area contributed by atoms with Crippen LogP contribution in [0.1, 0.15) is 0 Å². The standard InChI is InChI=1S/C40H26N4O2S4/c45-39-37(41-25-9-13-27(14-10-25)43-29(33-5-1-21-47-33)17-18-30(43)34-6-2-22-48-34)40(46)38(39)42-26-11-15-28(16-12-26)44-31(35-7-3-23-49-35)19-20-32(44)36-8-4-24-50-36/h1-24,41,45H. The molecule has 0 spiro atoms. The second-order valence-corrected chi connectivity index (χ2v) is 15.3. The number of nitrogens with one attached hydrogen (secondary N) is 1. The van der Waals surface area contributed by atoms with Gasteiger partial charge in [-0.3, -0.25) is 4.79 Å². The van der Waals surface area contributed by atoms with Crippen LogP contribution in [0.3, 0.4) is 0 Å². The Morgan fingerprint density at radius 1 is 0.520 bits per heavy atom. The van der Waals surface area contributed by atoms with Crippen molar-refractivity contribution in [1.29, 1.82) is 0 Å². The topological polar surface area (TPSA) is 71.6 Å². The fourth-order valence-corrected chi connectivity index (χ4v) is 9.11. The summed E-state index contributed by atoms with van der Waals surface area (Å²) in [7, 11) is 0. The molecule has 0 amide bonds. The second-order valence-electron chi connectivity index (χ2n) is 11.5. The SMILES string of the molecule is O=c1c(Nc2ccc(-n3c(-c4cccs4)ccc3-c3cccs3)cc2)c(O)c1=Nc1ccc(-n2c(-c3cccs3)ccc2-c2cccs2)cc1. The summed E-state index contributed by atoms with van der Waals surface area (Å²) in [6, 6.07) is 41.0. The molecule has 9 rings (SSSR count). The zero-order valence-electron chi connectivity index (χ0n) is 26.2. The van der Waals surface area contributed by atoms with Gasteiger partial charge in [0.25, 0.3) is 0 Å². The molecular formula is C40H26N4O2S4. The van der Waals surface area contributed by atoms with Gasteiger partial charge in [0, 0.05) is 17.1 Å². The maximum atomic E-state index is 13.2. The molecule has 0 aliphatic rings. The summed E-state index contributed by atoms with van der Waals surface area (Å²) >= 11 is 6.82. The van der Waals surface area contributed by atoms with Crippen LogP contribution in [-0.4, -0.2) is 14.2 Å². The number of benzene rings is 2. The van der Waals surface area contributed by atoms with Crippen molar-refractivity contribution in [2.75, 3.05) is 5.32 Å². The fraction of sp³-hybridized carbons (Fsp3) is 0. The molecule has 50 heavy (non-hydrogen) atoms. The molecule has 0 aliphatic heterocycles. The van der Waals surface area contributed by atoms with Crippen LogP contribution in [0, 0.1) is 0 Å². The molecule has 0 saturated carbocycles. The average molecular weight is 723 g/mol. The van der Waals surface area contributed by atoms with Gasteiger partial charge < -0.3 is 19.6 Å². The molecule has 0 radical (unpaired) electrons. The Balaban J connectivity index is 0.978. The zero-order valence-corrected chi connectivity index (χ0v) is 29.5. The first-order valence-electron chi connectivity index (χ1n) is 15.8. The van der Waals surface area contributed by atoms with Gasteiger partial charge in [-0.2, -0.15) is 0 Å². The molecule has 0 saturated heterocycles. The number of anilines is 2. The molecule has 6 heterocycles. The van der Waals surface area contributed by atoms with Gasteiger partial charge in [-0.15, -0.1) is 45.3 Å². The van der Waals surface area contributed by atoms with Gasteiger partial charge in [-0.1, -0.05) is 24.3 Å². The van der Waals surface area contributed by atoms with Gasteiger partial charge in [-0.25, -0.2) is 4.99 Å². The molecule has 9 aromatic rings. The lowest BCUT2D eigenvalue weighted by molar-refractivity contribution is 0.464. The van der Waals surface area contributed by atoms with Crippen molar-refractivity contribution in [1.82, 2.24) is 9.13 Å². The van der Waals surface area contributed by atoms with Crippen LogP contribution in [0.25, 0.3) is 53.7 Å². The van der Waals surface area contributed by atoms with Gasteiger partial charge in [0.05, 0.1) is 48.0 Å². The number of thiophene rings is 4. The van der Waals surface area contributed by atoms with Crippen LogP contribution in [0.2, 0.25) is 0 Å². The average Bonchev–Trinajstić information content (AvgIpc) is 4.00. The number of aromatic hydroxyl groups is 1. The van der Waals surface area contributed by atoms with Gasteiger partial charge in [0.1, 0.15) is 5.69 Å². The highest BCUT2D eigenvalue weighted by molar-refractivity contribution is 7.14. The lowest BCUT2D eigenvalue weighted by Gasteiger charge is -2.15. The van der Waals surface area contributed by atoms with E-state index < -0.39 is 0 Å². The van der Waals surface area contributed by atoms with Crippen LogP contribution in [-0.2, 0) is 0 Å². The van der Waals surface area contributed by atoms with Crippen molar-refractivity contribution in [2.24, 2.45) is 4.99 Å². The molecule has 3 aromatic carbocycles. The van der Waals surface area contributed by atoms with E-state index in [-0.39, 0.29) is 22.2 Å². The Labute approximate surface area is 303 Å². The summed E-state index contributed by atoms with van der Waals surface area (Å²) in [5.74, 6) is -0.140. The summed E-state index contributed by atoms with van der Waals surface area (Å²) in [4.78, 5) is 22.4. The van der Waals surface area contributed by atoms with Crippen molar-refractivity contribution in [3.05, 3.63) is 158 Å². The first-order valence-corrected chi connectivity index (χ1v) is 19.3. The minimum atomic E-state index is -0.327. The summed E-state index contributed by atoms with van der Waals surface area (Å²) in [6.45, 7) is 0. The maximum absolute atomic E-state index is 13.2. The fourth-order valence-electron chi connectivity index (χ4n) is 6.15. The van der Waals surface area contributed by atoms with Crippen molar-refractivity contribution >= 4 is 62.4 Å². The highest BCUT2D eigenvalue weighted by Gasteiger charge is 2.20. The Morgan fingerprint density at radius 2 is 0.920 bits per heavy atom. The first-order chi connectivity index (χ1) is 24.6. The predicted molar refractivity (Wildman–Crippen MR) is 210 cm³/mol. The third-order valence-electron chi connectivity index (χ3n) is 8.50. The minimum absolute atomic E-state index is 0.0462. The number of aromatic nitrogens is 2. The Kier molecular flexibility index (Phi) is 7.78. The van der Waals surface area contributed by atoms with E-state index in [4.69, 9.17) is 0 Å². The van der Waals surface area contributed by atoms with Crippen LogP contribution in [0.5, 0.6) is 5.75 Å². The van der Waals surface area contributed by atoms with E-state index in [2.05, 4.69) is 114 Å². The van der Waals surface area contributed by atoms with Crippen LogP contribution < -0.4 is 16.1 Å². The minimum Gasteiger partial charge on any atom is -0.504 e. The molecule has 242 valence electrons. The van der Waals surface area contributed by atoms with E-state index in [0.717, 1.165) is 34.2 Å². The summed E-state index contributed by atoms with van der Waals surface area (Å²) in [6.07, 6.45) is 0. The van der Waals surface area contributed by atoms with Gasteiger partial charge in [0.15, 0.2) is 11.1 Å². The molecule has 0 atom stereocenters. The first kappa shape index (κ1) is 30.5. The van der Waals surface area contributed by atoms with Crippen molar-refractivity contribution in [3.8, 4) is 59.4 Å². The molecule has 2 N–H and O–H groups in total. The largest absolute Gasteiger partial charge is 0.504 e. The predicted octanol–water partition coefficient (Wildman–Crippen LogP) is 11.1. The lowest BCUT2D eigenvalue weighted by Crippen LogP contribution is -2.33. The highest BCUT2D eigenvalue weighted by Crippen LogP contribution is 2.38. The van der Waals surface area contributed by atoms with Crippen LogP contribution in [0.15, 0.2) is 153 Å². The molecule has 0 unspecified atom stereocenters. The Hall–Kier alpha value is -5.52. The maximum Gasteiger partial charge on any atom is 0.235 e. The van der Waals surface area contributed by atoms with Crippen molar-refractivity contribution in [2.45, 2.75) is 0 Å². The number of hydrogen-bond donors (Lipinski definition) is 2. The van der Waals surface area contributed by atoms with E-state index in [1.165, 1.54) is 19.5 Å². The van der Waals surface area contributed by atoms with E-state index >= 15 is 0 Å². The zero-order chi connectivity index (χ0) is 33.6. The number of rotatable bonds is 9. The normalized spacial score (nSPS) is 11.9. The van der Waals surface area contributed by atoms with Gasteiger partial charge in [0.2, 0.25) is 5.43 Å². The Bertz CT molecular complexity index is 2510. The van der Waals surface area contributed by atoms with E-state index in [1.54, 1.807) is 45.3 Å². The van der Waals surface area contributed by atoms with Crippen molar-refractivity contribution in [3.63, 3.8) is 0 Å². The molecule has 0 bridgehead atoms. The van der Waals surface area contributed by atoms with Gasteiger partial charge >= 0.3 is 0 Å². The molecular weight excluding hydrogens is 697 g/mol. The molecule has 6 nitrogen and oxygen atoms in total. The molecule has 6 aromatic heterocycles. The third-order valence-corrected chi connectivity index (χ3v) is 12.1. The highest BCUT2D eigenvalue weighted by atomic mass is 32.1. The monoisotopic (exact) mass is 722 g/mol. The molecule has 0 fully saturated rings. The summed E-state index contributed by atoms with van der Waals surface area (Å²) in [5, 5.41) is 22.4. The van der Waals surface area contributed by atoms with E-state index in [0.29, 0.717) is 11.4 Å².